The summed E-state index contributed by atoms with van der Waals surface area (Å²) < 4.78 is 2.52. The molecule has 0 atom stereocenters. The lowest BCUT2D eigenvalue weighted by Gasteiger charge is -2.34. The smallest absolute Gasteiger partial charge is 0.0726 e. The van der Waals surface area contributed by atoms with Crippen LogP contribution in [0.3, 0.4) is 0 Å². The Balaban J connectivity index is 1.14. The van der Waals surface area contributed by atoms with Crippen LogP contribution in [0, 0.1) is 0 Å². The van der Waals surface area contributed by atoms with E-state index in [9.17, 15) is 0 Å². The minimum Gasteiger partial charge on any atom is -0.310 e. The summed E-state index contributed by atoms with van der Waals surface area (Å²) in [6, 6.07) is 68.1. The maximum Gasteiger partial charge on any atom is 0.0726 e. The van der Waals surface area contributed by atoms with Crippen LogP contribution in [-0.4, -0.2) is 4.57 Å². The molecule has 0 radical (unpaired) electrons. The highest BCUT2D eigenvalue weighted by Crippen LogP contribution is 2.63. The predicted octanol–water partition coefficient (Wildman–Crippen LogP) is 13.2. The third-order valence-electron chi connectivity index (χ3n) is 12.8. The molecule has 0 bridgehead atoms. The average Bonchev–Trinajstić information content (AvgIpc) is 3.82. The summed E-state index contributed by atoms with van der Waals surface area (Å²) in [5, 5.41) is 2.58. The van der Waals surface area contributed by atoms with Gasteiger partial charge in [-0.2, -0.15) is 0 Å². The first-order chi connectivity index (χ1) is 26.6. The zero-order chi connectivity index (χ0) is 35.8. The van der Waals surface area contributed by atoms with Gasteiger partial charge in [0.1, 0.15) is 0 Å². The first-order valence-electron chi connectivity index (χ1n) is 19.0. The minimum absolute atomic E-state index is 0.102. The van der Waals surface area contributed by atoms with E-state index in [0.717, 1.165) is 17.1 Å². The second kappa shape index (κ2) is 10.5. The Bertz CT molecular complexity index is 2970. The highest BCUT2D eigenvalue weighted by atomic mass is 15.1. The van der Waals surface area contributed by atoms with Gasteiger partial charge >= 0.3 is 0 Å². The normalized spacial score (nSPS) is 14.8. The number of hydrogen-bond acceptors (Lipinski definition) is 1. The van der Waals surface area contributed by atoms with Crippen molar-refractivity contribution in [3.63, 3.8) is 0 Å². The molecule has 0 unspecified atom stereocenters. The van der Waals surface area contributed by atoms with E-state index in [1.807, 2.05) is 0 Å². The summed E-state index contributed by atoms with van der Waals surface area (Å²) in [5.74, 6) is 0. The molecule has 0 amide bonds. The van der Waals surface area contributed by atoms with Crippen molar-refractivity contribution in [2.24, 2.45) is 0 Å². The summed E-state index contributed by atoms with van der Waals surface area (Å²) in [7, 11) is 0. The van der Waals surface area contributed by atoms with Crippen molar-refractivity contribution < 1.29 is 0 Å². The van der Waals surface area contributed by atoms with Crippen molar-refractivity contribution in [1.29, 1.82) is 0 Å². The summed E-state index contributed by atoms with van der Waals surface area (Å²) in [5.41, 5.74) is 20.1. The fourth-order valence-corrected chi connectivity index (χ4v) is 10.5. The van der Waals surface area contributed by atoms with Gasteiger partial charge in [0, 0.05) is 33.2 Å². The predicted molar refractivity (Wildman–Crippen MR) is 224 cm³/mol. The SMILES string of the molecule is CC1(C)c2ccccc2-n2c3cc(N(c4ccccc4)c4ccc5c(c4)C4(c6ccccc6-c6ccccc64)c4ccccc4-5)ccc3c3cccc1c32. The lowest BCUT2D eigenvalue weighted by molar-refractivity contribution is 0.630. The van der Waals surface area contributed by atoms with Gasteiger partial charge in [0.05, 0.1) is 22.1 Å². The molecule has 1 spiro atoms. The maximum absolute atomic E-state index is 2.52. The largest absolute Gasteiger partial charge is 0.310 e. The van der Waals surface area contributed by atoms with E-state index in [2.05, 4.69) is 205 Å². The van der Waals surface area contributed by atoms with Gasteiger partial charge in [-0.25, -0.2) is 0 Å². The van der Waals surface area contributed by atoms with Gasteiger partial charge in [-0.05, 0) is 98.1 Å². The zero-order valence-corrected chi connectivity index (χ0v) is 30.2. The Kier molecular flexibility index (Phi) is 5.81. The van der Waals surface area contributed by atoms with Gasteiger partial charge in [-0.15, -0.1) is 0 Å². The van der Waals surface area contributed by atoms with Crippen LogP contribution in [0.25, 0.3) is 49.7 Å². The van der Waals surface area contributed by atoms with Crippen LogP contribution in [-0.2, 0) is 10.8 Å². The van der Waals surface area contributed by atoms with E-state index >= 15 is 0 Å². The van der Waals surface area contributed by atoms with Gasteiger partial charge in [0.25, 0.3) is 0 Å². The molecule has 12 rings (SSSR count). The molecule has 9 aromatic rings. The molecule has 1 aromatic heterocycles. The molecule has 54 heavy (non-hydrogen) atoms. The number of para-hydroxylation sites is 3. The van der Waals surface area contributed by atoms with Crippen molar-refractivity contribution in [3.8, 4) is 27.9 Å². The topological polar surface area (TPSA) is 8.17 Å². The second-order valence-electron chi connectivity index (χ2n) is 15.7. The van der Waals surface area contributed by atoms with E-state index in [1.54, 1.807) is 0 Å². The average molecular weight is 689 g/mol. The monoisotopic (exact) mass is 688 g/mol. The Morgan fingerprint density at radius 3 is 1.61 bits per heavy atom. The van der Waals surface area contributed by atoms with Crippen LogP contribution < -0.4 is 4.90 Å². The molecule has 8 aromatic carbocycles. The number of hydrogen-bond donors (Lipinski definition) is 0. The van der Waals surface area contributed by atoms with Crippen LogP contribution in [0.15, 0.2) is 182 Å². The van der Waals surface area contributed by atoms with E-state index in [0.29, 0.717) is 0 Å². The number of benzene rings is 8. The molecule has 0 saturated heterocycles. The summed E-state index contributed by atoms with van der Waals surface area (Å²) in [6.07, 6.45) is 0. The zero-order valence-electron chi connectivity index (χ0n) is 30.2. The molecule has 0 fully saturated rings. The van der Waals surface area contributed by atoms with Crippen molar-refractivity contribution in [3.05, 3.63) is 215 Å². The van der Waals surface area contributed by atoms with Crippen LogP contribution in [0.5, 0.6) is 0 Å². The Morgan fingerprint density at radius 2 is 0.926 bits per heavy atom. The Hall–Kier alpha value is -6.64. The molecule has 2 aliphatic carbocycles. The first-order valence-corrected chi connectivity index (χ1v) is 19.0. The summed E-state index contributed by atoms with van der Waals surface area (Å²) >= 11 is 0. The number of anilines is 3. The number of aromatic nitrogens is 1. The third kappa shape index (κ3) is 3.60. The fraction of sp³-hybridized carbons (Fsp3) is 0.0769. The van der Waals surface area contributed by atoms with Gasteiger partial charge in [0.15, 0.2) is 0 Å². The standard InChI is InChI=1S/C52H36N2/c1-51(2)45-24-12-13-26-48(45)54-49-32-35(28-30-40(49)41-20-14-25-46(51)50(41)54)53(33-15-4-3-5-16-33)34-27-29-39-38-19-8-11-23-44(38)52(47(39)31-34)42-21-9-6-17-36(42)37-18-7-10-22-43(37)52/h3-32H,1-2H3. The number of rotatable bonds is 3. The lowest BCUT2D eigenvalue weighted by Crippen LogP contribution is -2.26. The fourth-order valence-electron chi connectivity index (χ4n) is 10.5. The summed E-state index contributed by atoms with van der Waals surface area (Å²) in [6.45, 7) is 4.73. The van der Waals surface area contributed by atoms with Gasteiger partial charge in [0.2, 0.25) is 0 Å². The maximum atomic E-state index is 2.52. The molecule has 1 aliphatic heterocycles. The highest BCUT2D eigenvalue weighted by Gasteiger charge is 2.51. The number of fused-ring (bicyclic) bond motifs is 15. The van der Waals surface area contributed by atoms with E-state index in [-0.39, 0.29) is 5.41 Å². The highest BCUT2D eigenvalue weighted by molar-refractivity contribution is 6.12. The molecule has 2 heterocycles. The molecule has 2 heteroatoms. The van der Waals surface area contributed by atoms with E-state index in [4.69, 9.17) is 0 Å². The quantitative estimate of drug-likeness (QED) is 0.179. The van der Waals surface area contributed by atoms with E-state index < -0.39 is 5.41 Å². The van der Waals surface area contributed by atoms with Crippen LogP contribution in [0.2, 0.25) is 0 Å². The molecule has 0 saturated carbocycles. The van der Waals surface area contributed by atoms with Gasteiger partial charge in [-0.3, -0.25) is 0 Å². The van der Waals surface area contributed by atoms with Gasteiger partial charge < -0.3 is 9.47 Å². The Labute approximate surface area is 315 Å². The lowest BCUT2D eigenvalue weighted by atomic mass is 9.70. The van der Waals surface area contributed by atoms with Crippen molar-refractivity contribution in [2.75, 3.05) is 4.90 Å². The van der Waals surface area contributed by atoms with Crippen molar-refractivity contribution >= 4 is 38.9 Å². The molecule has 254 valence electrons. The molecule has 0 N–H and O–H groups in total. The van der Waals surface area contributed by atoms with E-state index in [1.165, 1.54) is 83.1 Å². The number of nitrogens with zero attached hydrogens (tertiary/aromatic N) is 2. The first kappa shape index (κ1) is 29.9. The van der Waals surface area contributed by atoms with Gasteiger partial charge in [-0.1, -0.05) is 153 Å². The molecular formula is C52H36N2. The molecule has 2 nitrogen and oxygen atoms in total. The van der Waals surface area contributed by atoms with Crippen LogP contribution in [0.1, 0.15) is 47.2 Å². The minimum atomic E-state index is -0.405. The van der Waals surface area contributed by atoms with Crippen molar-refractivity contribution in [1.82, 2.24) is 4.57 Å². The Morgan fingerprint density at radius 1 is 0.389 bits per heavy atom. The second-order valence-corrected chi connectivity index (χ2v) is 15.7. The molecular weight excluding hydrogens is 653 g/mol. The van der Waals surface area contributed by atoms with Crippen LogP contribution in [0.4, 0.5) is 17.1 Å². The summed E-state index contributed by atoms with van der Waals surface area (Å²) in [4.78, 5) is 2.45. The third-order valence-corrected chi connectivity index (χ3v) is 12.8. The van der Waals surface area contributed by atoms with Crippen LogP contribution >= 0.6 is 0 Å². The molecule has 3 aliphatic rings. The van der Waals surface area contributed by atoms with Crippen molar-refractivity contribution in [2.45, 2.75) is 24.7 Å².